The Hall–Kier alpha value is -9.31. The zero-order valence-corrected chi connectivity index (χ0v) is 40.5. The molecule has 73 heavy (non-hydrogen) atoms. The summed E-state index contributed by atoms with van der Waals surface area (Å²) in [7, 11) is 0. The summed E-state index contributed by atoms with van der Waals surface area (Å²) in [6.45, 7) is 4.76. The molecule has 3 nitrogen and oxygen atoms in total. The van der Waals surface area contributed by atoms with Crippen molar-refractivity contribution < 1.29 is 0 Å². The topological polar surface area (TPSA) is 38.7 Å². The smallest absolute Gasteiger partial charge is 0.164 e. The van der Waals surface area contributed by atoms with Crippen molar-refractivity contribution in [3.8, 4) is 89.8 Å². The number of nitrogens with zero attached hydrogens (tertiary/aromatic N) is 3. The Morgan fingerprint density at radius 3 is 1.12 bits per heavy atom. The molecule has 1 aliphatic carbocycles. The second-order valence-corrected chi connectivity index (χ2v) is 20.0. The highest BCUT2D eigenvalue weighted by atomic mass is 15.0. The average molecular weight is 930 g/mol. The van der Waals surface area contributed by atoms with E-state index in [2.05, 4.69) is 263 Å². The van der Waals surface area contributed by atoms with E-state index in [0.717, 1.165) is 66.6 Å². The third-order valence-corrected chi connectivity index (χ3v) is 15.2. The zero-order valence-electron chi connectivity index (χ0n) is 40.5. The summed E-state index contributed by atoms with van der Waals surface area (Å²) >= 11 is 0. The van der Waals surface area contributed by atoms with Crippen LogP contribution in [0.3, 0.4) is 0 Å². The minimum atomic E-state index is -0.172. The molecule has 342 valence electrons. The van der Waals surface area contributed by atoms with Gasteiger partial charge in [0.2, 0.25) is 0 Å². The number of hydrogen-bond donors (Lipinski definition) is 0. The van der Waals surface area contributed by atoms with Crippen LogP contribution in [0.15, 0.2) is 249 Å². The zero-order chi connectivity index (χ0) is 48.6. The molecular formula is C70H47N3. The fourth-order valence-corrected chi connectivity index (χ4v) is 11.6. The molecule has 0 radical (unpaired) electrons. The number of hydrogen-bond acceptors (Lipinski definition) is 3. The van der Waals surface area contributed by atoms with E-state index in [1.54, 1.807) is 0 Å². The Labute approximate surface area is 424 Å². The standard InChI is InChI=1S/C70H47N3/c1-70(2)64-34-32-48-27-15-16-28-56(48)66(64)63-42-61-58-30-18-17-29-57(58)60-41-49(31-33-59(60)62(61)43-65(63)70)67-71-68(54-37-50(44-19-7-3-8-20-44)35-51(38-54)45-21-9-4-10-22-45)73-69(72-67)55-39-52(46-23-11-5-12-24-46)36-53(40-55)47-25-13-6-14-26-47/h3-43H,1-2H3. The summed E-state index contributed by atoms with van der Waals surface area (Å²) in [5.41, 5.74) is 16.9. The highest BCUT2D eigenvalue weighted by Crippen LogP contribution is 2.54. The van der Waals surface area contributed by atoms with Crippen LogP contribution in [0.5, 0.6) is 0 Å². The van der Waals surface area contributed by atoms with Crippen molar-refractivity contribution in [2.75, 3.05) is 0 Å². The van der Waals surface area contributed by atoms with Crippen molar-refractivity contribution in [1.29, 1.82) is 0 Å². The van der Waals surface area contributed by atoms with Gasteiger partial charge < -0.3 is 0 Å². The van der Waals surface area contributed by atoms with Crippen LogP contribution in [-0.2, 0) is 5.41 Å². The van der Waals surface area contributed by atoms with Crippen LogP contribution < -0.4 is 0 Å². The lowest BCUT2D eigenvalue weighted by Gasteiger charge is -2.22. The second-order valence-electron chi connectivity index (χ2n) is 20.0. The van der Waals surface area contributed by atoms with E-state index in [1.165, 1.54) is 60.0 Å². The second kappa shape index (κ2) is 16.9. The molecule has 0 aliphatic heterocycles. The van der Waals surface area contributed by atoms with Crippen LogP contribution in [0.25, 0.3) is 133 Å². The van der Waals surface area contributed by atoms with E-state index in [-0.39, 0.29) is 5.41 Å². The predicted molar refractivity (Wildman–Crippen MR) is 305 cm³/mol. The maximum Gasteiger partial charge on any atom is 0.164 e. The van der Waals surface area contributed by atoms with Crippen LogP contribution in [0.4, 0.5) is 0 Å². The van der Waals surface area contributed by atoms with Crippen LogP contribution in [-0.4, -0.2) is 15.0 Å². The van der Waals surface area contributed by atoms with Gasteiger partial charge in [-0.15, -0.1) is 0 Å². The van der Waals surface area contributed by atoms with Gasteiger partial charge in [0.25, 0.3) is 0 Å². The maximum absolute atomic E-state index is 5.47. The molecule has 1 aliphatic rings. The van der Waals surface area contributed by atoms with Crippen LogP contribution in [0.2, 0.25) is 0 Å². The van der Waals surface area contributed by atoms with Gasteiger partial charge in [0.05, 0.1) is 0 Å². The fourth-order valence-electron chi connectivity index (χ4n) is 11.6. The normalized spacial score (nSPS) is 12.6. The number of rotatable bonds is 7. The molecule has 0 saturated heterocycles. The quantitative estimate of drug-likeness (QED) is 0.150. The van der Waals surface area contributed by atoms with Crippen LogP contribution >= 0.6 is 0 Å². The van der Waals surface area contributed by atoms with Crippen molar-refractivity contribution in [1.82, 2.24) is 15.0 Å². The molecule has 12 aromatic carbocycles. The van der Waals surface area contributed by atoms with Crippen molar-refractivity contribution in [3.05, 3.63) is 260 Å². The van der Waals surface area contributed by atoms with E-state index in [1.807, 2.05) is 0 Å². The lowest BCUT2D eigenvalue weighted by atomic mass is 9.81. The van der Waals surface area contributed by atoms with E-state index in [9.17, 15) is 0 Å². The van der Waals surface area contributed by atoms with Gasteiger partial charge in [-0.3, -0.25) is 0 Å². The summed E-state index contributed by atoms with van der Waals surface area (Å²) < 4.78 is 0. The third-order valence-electron chi connectivity index (χ3n) is 15.2. The molecule has 0 unspecified atom stereocenters. The first kappa shape index (κ1) is 42.6. The molecule has 3 heteroatoms. The Morgan fingerprint density at radius 2 is 0.630 bits per heavy atom. The highest BCUT2D eigenvalue weighted by Gasteiger charge is 2.37. The van der Waals surface area contributed by atoms with Gasteiger partial charge in [-0.1, -0.05) is 208 Å². The average Bonchev–Trinajstić information content (AvgIpc) is 3.69. The van der Waals surface area contributed by atoms with Gasteiger partial charge in [-0.2, -0.15) is 0 Å². The Bertz CT molecular complexity index is 4050. The molecule has 13 aromatic rings. The van der Waals surface area contributed by atoms with Gasteiger partial charge in [0.15, 0.2) is 17.5 Å². The molecule has 0 atom stereocenters. The van der Waals surface area contributed by atoms with Crippen LogP contribution in [0, 0.1) is 0 Å². The highest BCUT2D eigenvalue weighted by molar-refractivity contribution is 6.27. The molecule has 0 fully saturated rings. The number of fused-ring (bicyclic) bond motifs is 11. The van der Waals surface area contributed by atoms with Gasteiger partial charge in [0.1, 0.15) is 0 Å². The first-order valence-corrected chi connectivity index (χ1v) is 25.2. The summed E-state index contributed by atoms with van der Waals surface area (Å²) in [5.74, 6) is 1.82. The summed E-state index contributed by atoms with van der Waals surface area (Å²) in [4.78, 5) is 16.4. The minimum Gasteiger partial charge on any atom is -0.208 e. The minimum absolute atomic E-state index is 0.172. The molecule has 0 bridgehead atoms. The van der Waals surface area contributed by atoms with Gasteiger partial charge in [-0.25, -0.2) is 15.0 Å². The molecule has 0 spiro atoms. The molecule has 14 rings (SSSR count). The van der Waals surface area contributed by atoms with Crippen molar-refractivity contribution >= 4 is 43.1 Å². The summed E-state index contributed by atoms with van der Waals surface area (Å²) in [6.07, 6.45) is 0. The monoisotopic (exact) mass is 929 g/mol. The Balaban J connectivity index is 1.01. The summed E-state index contributed by atoms with van der Waals surface area (Å²) in [5, 5.41) is 9.88. The first-order valence-electron chi connectivity index (χ1n) is 25.2. The largest absolute Gasteiger partial charge is 0.208 e. The first-order chi connectivity index (χ1) is 35.9. The fraction of sp³-hybridized carbons (Fsp3) is 0.0429. The molecule has 0 amide bonds. The third kappa shape index (κ3) is 7.23. The van der Waals surface area contributed by atoms with Gasteiger partial charge >= 0.3 is 0 Å². The van der Waals surface area contributed by atoms with E-state index in [4.69, 9.17) is 15.0 Å². The molecular weight excluding hydrogens is 883 g/mol. The van der Waals surface area contributed by atoms with Gasteiger partial charge in [0, 0.05) is 22.1 Å². The Morgan fingerprint density at radius 1 is 0.247 bits per heavy atom. The Kier molecular flexibility index (Phi) is 9.87. The molecule has 0 saturated carbocycles. The lowest BCUT2D eigenvalue weighted by molar-refractivity contribution is 0.662. The maximum atomic E-state index is 5.47. The predicted octanol–water partition coefficient (Wildman–Crippen LogP) is 18.5. The number of aromatic nitrogens is 3. The SMILES string of the molecule is CC1(C)c2cc3c4ccc(-c5nc(-c6cc(-c7ccccc7)cc(-c7ccccc7)c6)nc(-c6cc(-c7ccccc7)cc(-c7ccccc7)c6)n5)cc4c4ccccc4c3cc2-c2c1ccc1ccccc21. The molecule has 1 aromatic heterocycles. The van der Waals surface area contributed by atoms with E-state index < -0.39 is 0 Å². The van der Waals surface area contributed by atoms with Crippen LogP contribution in [0.1, 0.15) is 25.0 Å². The number of benzene rings is 12. The van der Waals surface area contributed by atoms with Crippen molar-refractivity contribution in [2.45, 2.75) is 19.3 Å². The van der Waals surface area contributed by atoms with Gasteiger partial charge in [-0.05, 0) is 164 Å². The summed E-state index contributed by atoms with van der Waals surface area (Å²) in [6, 6.07) is 89.9. The van der Waals surface area contributed by atoms with E-state index >= 15 is 0 Å². The molecule has 1 heterocycles. The lowest BCUT2D eigenvalue weighted by Crippen LogP contribution is -2.14. The van der Waals surface area contributed by atoms with E-state index in [0.29, 0.717) is 17.5 Å². The van der Waals surface area contributed by atoms with Crippen molar-refractivity contribution in [2.24, 2.45) is 0 Å². The van der Waals surface area contributed by atoms with Crippen molar-refractivity contribution in [3.63, 3.8) is 0 Å². The molecule has 0 N–H and O–H groups in total.